The Morgan fingerprint density at radius 3 is 2.63 bits per heavy atom. The number of benzene rings is 2. The van der Waals surface area contributed by atoms with Crippen molar-refractivity contribution in [3.63, 3.8) is 0 Å². The number of halogens is 2. The van der Waals surface area contributed by atoms with Gasteiger partial charge in [-0.25, -0.2) is 9.18 Å². The Morgan fingerprint density at radius 2 is 1.93 bits per heavy atom. The van der Waals surface area contributed by atoms with Gasteiger partial charge in [-0.2, -0.15) is 0 Å². The SMILES string of the molecule is CNC(=O)c1cccc(NC(=O)COC(=O)/C=C/c2c(F)cccc2Cl)c1. The number of hydrogen-bond acceptors (Lipinski definition) is 4. The van der Waals surface area contributed by atoms with Crippen molar-refractivity contribution in [2.45, 2.75) is 0 Å². The molecule has 0 spiro atoms. The summed E-state index contributed by atoms with van der Waals surface area (Å²) in [6.45, 7) is -0.543. The van der Waals surface area contributed by atoms with Crippen LogP contribution in [0.25, 0.3) is 6.08 Å². The third kappa shape index (κ3) is 5.93. The fourth-order valence-corrected chi connectivity index (χ4v) is 2.31. The zero-order valence-corrected chi connectivity index (χ0v) is 15.0. The van der Waals surface area contributed by atoms with Crippen molar-refractivity contribution in [2.75, 3.05) is 19.0 Å². The maximum Gasteiger partial charge on any atom is 0.331 e. The van der Waals surface area contributed by atoms with E-state index < -0.39 is 24.3 Å². The lowest BCUT2D eigenvalue weighted by molar-refractivity contribution is -0.142. The Balaban J connectivity index is 1.89. The maximum atomic E-state index is 13.6. The van der Waals surface area contributed by atoms with E-state index >= 15 is 0 Å². The molecule has 27 heavy (non-hydrogen) atoms. The second kappa shape index (κ2) is 9.49. The minimum absolute atomic E-state index is 0.0478. The Hall–Kier alpha value is -3.19. The number of carbonyl (C=O) groups excluding carboxylic acids is 3. The predicted octanol–water partition coefficient (Wildman–Crippen LogP) is 3.03. The van der Waals surface area contributed by atoms with Crippen molar-refractivity contribution in [1.29, 1.82) is 0 Å². The zero-order chi connectivity index (χ0) is 19.8. The summed E-state index contributed by atoms with van der Waals surface area (Å²) in [5.41, 5.74) is 0.800. The van der Waals surface area contributed by atoms with E-state index in [0.717, 1.165) is 6.08 Å². The number of anilines is 1. The fourth-order valence-electron chi connectivity index (χ4n) is 2.09. The van der Waals surface area contributed by atoms with Gasteiger partial charge >= 0.3 is 5.97 Å². The van der Waals surface area contributed by atoms with Crippen LogP contribution in [-0.2, 0) is 14.3 Å². The van der Waals surface area contributed by atoms with Gasteiger partial charge in [-0.05, 0) is 36.4 Å². The van der Waals surface area contributed by atoms with Gasteiger partial charge in [0.2, 0.25) is 0 Å². The Bertz CT molecular complexity index is 879. The number of hydrogen-bond donors (Lipinski definition) is 2. The lowest BCUT2D eigenvalue weighted by Crippen LogP contribution is -2.21. The first-order valence-electron chi connectivity index (χ1n) is 7.81. The molecule has 0 heterocycles. The average molecular weight is 391 g/mol. The fraction of sp³-hybridized carbons (Fsp3) is 0.105. The highest BCUT2D eigenvalue weighted by Gasteiger charge is 2.09. The molecule has 0 aliphatic heterocycles. The minimum Gasteiger partial charge on any atom is -0.452 e. The second-order valence-corrected chi connectivity index (χ2v) is 5.69. The van der Waals surface area contributed by atoms with E-state index in [9.17, 15) is 18.8 Å². The van der Waals surface area contributed by atoms with Crippen LogP contribution in [-0.4, -0.2) is 31.4 Å². The Morgan fingerprint density at radius 1 is 1.19 bits per heavy atom. The Kier molecular flexibility index (Phi) is 7.08. The molecule has 0 aliphatic carbocycles. The van der Waals surface area contributed by atoms with Crippen molar-refractivity contribution in [2.24, 2.45) is 0 Å². The molecule has 0 saturated carbocycles. The summed E-state index contributed by atoms with van der Waals surface area (Å²) in [6, 6.07) is 10.4. The van der Waals surface area contributed by atoms with Crippen LogP contribution in [0.5, 0.6) is 0 Å². The molecule has 0 aromatic heterocycles. The molecular weight excluding hydrogens is 375 g/mol. The molecule has 8 heteroatoms. The summed E-state index contributed by atoms with van der Waals surface area (Å²) < 4.78 is 18.4. The first kappa shape index (κ1) is 20.1. The lowest BCUT2D eigenvalue weighted by atomic mass is 10.2. The molecule has 2 amide bonds. The first-order valence-corrected chi connectivity index (χ1v) is 8.19. The van der Waals surface area contributed by atoms with Gasteiger partial charge in [0.15, 0.2) is 6.61 Å². The van der Waals surface area contributed by atoms with E-state index in [0.29, 0.717) is 11.3 Å². The van der Waals surface area contributed by atoms with Crippen LogP contribution >= 0.6 is 11.6 Å². The number of esters is 1. The van der Waals surface area contributed by atoms with E-state index in [1.165, 1.54) is 37.4 Å². The molecule has 0 saturated heterocycles. The van der Waals surface area contributed by atoms with Gasteiger partial charge in [0.1, 0.15) is 5.82 Å². The van der Waals surface area contributed by atoms with Gasteiger partial charge in [0.25, 0.3) is 11.8 Å². The lowest BCUT2D eigenvalue weighted by Gasteiger charge is -2.07. The molecule has 2 N–H and O–H groups in total. The third-order valence-corrected chi connectivity index (χ3v) is 3.70. The van der Waals surface area contributed by atoms with Gasteiger partial charge in [0.05, 0.1) is 5.02 Å². The van der Waals surface area contributed by atoms with Crippen LogP contribution in [0, 0.1) is 5.82 Å². The van der Waals surface area contributed by atoms with Crippen LogP contribution < -0.4 is 10.6 Å². The van der Waals surface area contributed by atoms with E-state index in [1.807, 2.05) is 0 Å². The predicted molar refractivity (Wildman–Crippen MR) is 99.9 cm³/mol. The van der Waals surface area contributed by atoms with Gasteiger partial charge in [-0.15, -0.1) is 0 Å². The van der Waals surface area contributed by atoms with E-state index in [4.69, 9.17) is 16.3 Å². The maximum absolute atomic E-state index is 13.6. The molecule has 0 radical (unpaired) electrons. The van der Waals surface area contributed by atoms with E-state index in [2.05, 4.69) is 10.6 Å². The summed E-state index contributed by atoms with van der Waals surface area (Å²) in [5.74, 6) is -2.30. The summed E-state index contributed by atoms with van der Waals surface area (Å²) in [4.78, 5) is 35.1. The van der Waals surface area contributed by atoms with Gasteiger partial charge in [-0.3, -0.25) is 9.59 Å². The quantitative estimate of drug-likeness (QED) is 0.586. The average Bonchev–Trinajstić information content (AvgIpc) is 2.65. The summed E-state index contributed by atoms with van der Waals surface area (Å²) in [7, 11) is 1.50. The van der Waals surface area contributed by atoms with E-state index in [-0.39, 0.29) is 16.5 Å². The van der Waals surface area contributed by atoms with Crippen molar-refractivity contribution in [3.8, 4) is 0 Å². The largest absolute Gasteiger partial charge is 0.452 e. The summed E-state index contributed by atoms with van der Waals surface area (Å²) in [6.07, 6.45) is 2.15. The standard InChI is InChI=1S/C19H16ClFN2O4/c1-22-19(26)12-4-2-5-13(10-12)23-17(24)11-27-18(25)9-8-14-15(20)6-3-7-16(14)21/h2-10H,11H2,1H3,(H,22,26)(H,23,24)/b9-8+. The van der Waals surface area contributed by atoms with Gasteiger partial charge < -0.3 is 15.4 Å². The molecule has 2 aromatic carbocycles. The van der Waals surface area contributed by atoms with E-state index in [1.54, 1.807) is 18.2 Å². The van der Waals surface area contributed by atoms with Crippen molar-refractivity contribution >= 4 is 41.1 Å². The third-order valence-electron chi connectivity index (χ3n) is 3.37. The monoisotopic (exact) mass is 390 g/mol. The van der Waals surface area contributed by atoms with Crippen LogP contribution in [0.3, 0.4) is 0 Å². The smallest absolute Gasteiger partial charge is 0.331 e. The molecule has 0 unspecified atom stereocenters. The Labute approximate surface area is 160 Å². The molecule has 140 valence electrons. The number of nitrogens with one attached hydrogen (secondary N) is 2. The highest BCUT2D eigenvalue weighted by atomic mass is 35.5. The van der Waals surface area contributed by atoms with Crippen LogP contribution in [0.1, 0.15) is 15.9 Å². The molecule has 0 atom stereocenters. The topological polar surface area (TPSA) is 84.5 Å². The molecule has 6 nitrogen and oxygen atoms in total. The molecular formula is C19H16ClFN2O4. The zero-order valence-electron chi connectivity index (χ0n) is 14.3. The highest BCUT2D eigenvalue weighted by Crippen LogP contribution is 2.20. The van der Waals surface area contributed by atoms with Gasteiger partial charge in [0, 0.05) is 29.9 Å². The first-order chi connectivity index (χ1) is 12.9. The number of amides is 2. The molecule has 0 fully saturated rings. The summed E-state index contributed by atoms with van der Waals surface area (Å²) in [5, 5.41) is 5.13. The molecule has 0 aliphatic rings. The van der Waals surface area contributed by atoms with Crippen LogP contribution in [0.2, 0.25) is 5.02 Å². The highest BCUT2D eigenvalue weighted by molar-refractivity contribution is 6.32. The molecule has 0 bridgehead atoms. The summed E-state index contributed by atoms with van der Waals surface area (Å²) >= 11 is 5.84. The normalized spacial score (nSPS) is 10.5. The van der Waals surface area contributed by atoms with Crippen LogP contribution in [0.4, 0.5) is 10.1 Å². The number of ether oxygens (including phenoxy) is 1. The van der Waals surface area contributed by atoms with Crippen LogP contribution in [0.15, 0.2) is 48.5 Å². The van der Waals surface area contributed by atoms with Crippen molar-refractivity contribution in [3.05, 3.63) is 70.5 Å². The molecule has 2 aromatic rings. The number of rotatable bonds is 6. The second-order valence-electron chi connectivity index (χ2n) is 5.28. The number of carbonyl (C=O) groups is 3. The minimum atomic E-state index is -0.830. The van der Waals surface area contributed by atoms with Gasteiger partial charge in [-0.1, -0.05) is 23.7 Å². The van der Waals surface area contributed by atoms with Crippen molar-refractivity contribution < 1.29 is 23.5 Å². The van der Waals surface area contributed by atoms with Crippen molar-refractivity contribution in [1.82, 2.24) is 5.32 Å². The molecule has 2 rings (SSSR count).